The van der Waals surface area contributed by atoms with Crippen LogP contribution in [0.5, 0.6) is 0 Å². The van der Waals surface area contributed by atoms with Crippen LogP contribution in [-0.2, 0) is 4.84 Å². The molecule has 0 spiro atoms. The molecule has 1 N–H and O–H groups in total. The Morgan fingerprint density at radius 3 is 3.20 bits per heavy atom. The zero-order valence-corrected chi connectivity index (χ0v) is 8.53. The van der Waals surface area contributed by atoms with E-state index in [9.17, 15) is 4.39 Å². The molecule has 0 saturated carbocycles. The van der Waals surface area contributed by atoms with Crippen LogP contribution in [0.3, 0.4) is 0 Å². The van der Waals surface area contributed by atoms with E-state index in [0.717, 1.165) is 24.2 Å². The summed E-state index contributed by atoms with van der Waals surface area (Å²) in [7, 11) is 1.86. The van der Waals surface area contributed by atoms with Crippen molar-refractivity contribution >= 4 is 5.71 Å². The molecule has 1 aromatic rings. The van der Waals surface area contributed by atoms with Crippen molar-refractivity contribution in [3.8, 4) is 0 Å². The van der Waals surface area contributed by atoms with Crippen molar-refractivity contribution < 1.29 is 9.23 Å². The third-order valence-electron chi connectivity index (χ3n) is 2.32. The van der Waals surface area contributed by atoms with Crippen LogP contribution in [0.2, 0.25) is 0 Å². The van der Waals surface area contributed by atoms with Crippen molar-refractivity contribution in [3.63, 3.8) is 0 Å². The Hall–Kier alpha value is -1.42. The molecule has 1 heterocycles. The second kappa shape index (κ2) is 4.40. The van der Waals surface area contributed by atoms with E-state index < -0.39 is 0 Å². The minimum atomic E-state index is -0.243. The molecule has 0 unspecified atom stereocenters. The molecule has 1 atom stereocenters. The zero-order valence-electron chi connectivity index (χ0n) is 8.53. The minimum absolute atomic E-state index is 0.0632. The van der Waals surface area contributed by atoms with E-state index in [1.807, 2.05) is 13.1 Å². The van der Waals surface area contributed by atoms with Gasteiger partial charge in [0.25, 0.3) is 0 Å². The predicted octanol–water partition coefficient (Wildman–Crippen LogP) is 1.54. The fraction of sp³-hybridized carbons (Fsp3) is 0.364. The molecule has 15 heavy (non-hydrogen) atoms. The van der Waals surface area contributed by atoms with Crippen LogP contribution in [0.1, 0.15) is 12.0 Å². The van der Waals surface area contributed by atoms with Gasteiger partial charge in [-0.25, -0.2) is 4.39 Å². The Labute approximate surface area is 87.9 Å². The number of likely N-dealkylation sites (N-methyl/N-ethyl adjacent to an activating group) is 1. The highest BCUT2D eigenvalue weighted by molar-refractivity contribution is 6.01. The number of rotatable bonds is 3. The lowest BCUT2D eigenvalue weighted by Crippen LogP contribution is -2.23. The second-order valence-corrected chi connectivity index (χ2v) is 3.54. The fourth-order valence-electron chi connectivity index (χ4n) is 1.60. The SMILES string of the molecule is CNC[C@H]1CC(c2cccc(F)c2)=NO1. The Morgan fingerprint density at radius 1 is 1.60 bits per heavy atom. The molecule has 0 aromatic heterocycles. The topological polar surface area (TPSA) is 33.6 Å². The molecule has 1 aliphatic heterocycles. The molecule has 0 amide bonds. The highest BCUT2D eigenvalue weighted by atomic mass is 19.1. The molecule has 2 rings (SSSR count). The smallest absolute Gasteiger partial charge is 0.145 e. The summed E-state index contributed by atoms with van der Waals surface area (Å²) in [6.07, 6.45) is 0.790. The van der Waals surface area contributed by atoms with Gasteiger partial charge < -0.3 is 10.2 Å². The molecule has 1 aliphatic rings. The number of nitrogens with zero attached hydrogens (tertiary/aromatic N) is 1. The highest BCUT2D eigenvalue weighted by Crippen LogP contribution is 2.16. The number of hydrogen-bond donors (Lipinski definition) is 1. The molecular weight excluding hydrogens is 195 g/mol. The van der Waals surface area contributed by atoms with Crippen LogP contribution in [0.4, 0.5) is 4.39 Å². The maximum atomic E-state index is 13.0. The van der Waals surface area contributed by atoms with Gasteiger partial charge in [0, 0.05) is 18.5 Å². The number of hydrogen-bond acceptors (Lipinski definition) is 3. The molecule has 0 bridgehead atoms. The van der Waals surface area contributed by atoms with Crippen LogP contribution in [0, 0.1) is 5.82 Å². The first-order valence-electron chi connectivity index (χ1n) is 4.93. The van der Waals surface area contributed by atoms with Gasteiger partial charge in [-0.2, -0.15) is 0 Å². The maximum absolute atomic E-state index is 13.0. The van der Waals surface area contributed by atoms with E-state index in [0.29, 0.717) is 0 Å². The Balaban J connectivity index is 2.07. The van der Waals surface area contributed by atoms with Crippen LogP contribution >= 0.6 is 0 Å². The molecule has 4 heteroatoms. The van der Waals surface area contributed by atoms with Gasteiger partial charge in [0.1, 0.15) is 11.9 Å². The fourth-order valence-corrected chi connectivity index (χ4v) is 1.60. The lowest BCUT2D eigenvalue weighted by molar-refractivity contribution is 0.0866. The Bertz CT molecular complexity index is 379. The molecule has 80 valence electrons. The first-order chi connectivity index (χ1) is 7.29. The summed E-state index contributed by atoms with van der Waals surface area (Å²) in [6.45, 7) is 0.752. The summed E-state index contributed by atoms with van der Waals surface area (Å²) in [5.41, 5.74) is 1.61. The van der Waals surface area contributed by atoms with Crippen LogP contribution in [0.25, 0.3) is 0 Å². The van der Waals surface area contributed by atoms with E-state index in [2.05, 4.69) is 10.5 Å². The van der Waals surface area contributed by atoms with Gasteiger partial charge in [-0.05, 0) is 19.2 Å². The number of benzene rings is 1. The highest BCUT2D eigenvalue weighted by Gasteiger charge is 2.21. The van der Waals surface area contributed by atoms with E-state index in [-0.39, 0.29) is 11.9 Å². The predicted molar refractivity (Wildman–Crippen MR) is 56.4 cm³/mol. The molecule has 0 saturated heterocycles. The van der Waals surface area contributed by atoms with Crippen LogP contribution in [-0.4, -0.2) is 25.4 Å². The Kier molecular flexibility index (Phi) is 2.97. The lowest BCUT2D eigenvalue weighted by Gasteiger charge is -2.05. The first kappa shape index (κ1) is 10.1. The van der Waals surface area contributed by atoms with E-state index in [1.54, 1.807) is 6.07 Å². The molecule has 0 radical (unpaired) electrons. The van der Waals surface area contributed by atoms with Gasteiger partial charge in [-0.1, -0.05) is 17.3 Å². The maximum Gasteiger partial charge on any atom is 0.145 e. The van der Waals surface area contributed by atoms with Crippen molar-refractivity contribution in [2.75, 3.05) is 13.6 Å². The average molecular weight is 208 g/mol. The Morgan fingerprint density at radius 2 is 2.47 bits per heavy atom. The number of halogens is 1. The van der Waals surface area contributed by atoms with Gasteiger partial charge in [0.2, 0.25) is 0 Å². The molecule has 0 aliphatic carbocycles. The summed E-state index contributed by atoms with van der Waals surface area (Å²) < 4.78 is 13.0. The number of oxime groups is 1. The van der Waals surface area contributed by atoms with Gasteiger partial charge in [-0.3, -0.25) is 0 Å². The normalized spacial score (nSPS) is 19.9. The minimum Gasteiger partial charge on any atom is -0.390 e. The van der Waals surface area contributed by atoms with Crippen molar-refractivity contribution in [2.24, 2.45) is 5.16 Å². The largest absolute Gasteiger partial charge is 0.390 e. The zero-order chi connectivity index (χ0) is 10.7. The number of nitrogens with one attached hydrogen (secondary N) is 1. The monoisotopic (exact) mass is 208 g/mol. The molecule has 0 fully saturated rings. The summed E-state index contributed by atoms with van der Waals surface area (Å²) in [6, 6.07) is 6.42. The quantitative estimate of drug-likeness (QED) is 0.817. The second-order valence-electron chi connectivity index (χ2n) is 3.54. The van der Waals surface area contributed by atoms with Crippen molar-refractivity contribution in [2.45, 2.75) is 12.5 Å². The van der Waals surface area contributed by atoms with Gasteiger partial charge >= 0.3 is 0 Å². The van der Waals surface area contributed by atoms with Crippen molar-refractivity contribution in [1.82, 2.24) is 5.32 Å². The summed E-state index contributed by atoms with van der Waals surface area (Å²) in [4.78, 5) is 5.20. The standard InChI is InChI=1S/C11H13FN2O/c1-13-7-10-6-11(14-15-10)8-3-2-4-9(12)5-8/h2-5,10,13H,6-7H2,1H3/t10-/m1/s1. The molecule has 3 nitrogen and oxygen atoms in total. The molecule has 1 aromatic carbocycles. The summed E-state index contributed by atoms with van der Waals surface area (Å²) >= 11 is 0. The van der Waals surface area contributed by atoms with Gasteiger partial charge in [0.05, 0.1) is 5.71 Å². The van der Waals surface area contributed by atoms with Crippen LogP contribution < -0.4 is 5.32 Å². The summed E-state index contributed by atoms with van der Waals surface area (Å²) in [5, 5.41) is 6.98. The van der Waals surface area contributed by atoms with E-state index in [1.165, 1.54) is 12.1 Å². The van der Waals surface area contributed by atoms with Gasteiger partial charge in [0.15, 0.2) is 0 Å². The van der Waals surface area contributed by atoms with Crippen LogP contribution in [0.15, 0.2) is 29.4 Å². The van der Waals surface area contributed by atoms with Gasteiger partial charge in [-0.15, -0.1) is 0 Å². The third kappa shape index (κ3) is 2.33. The third-order valence-corrected chi connectivity index (χ3v) is 2.32. The average Bonchev–Trinajstić information content (AvgIpc) is 2.67. The first-order valence-corrected chi connectivity index (χ1v) is 4.93. The lowest BCUT2D eigenvalue weighted by atomic mass is 10.1. The van der Waals surface area contributed by atoms with Crippen molar-refractivity contribution in [1.29, 1.82) is 0 Å². The van der Waals surface area contributed by atoms with Crippen molar-refractivity contribution in [3.05, 3.63) is 35.6 Å². The molecular formula is C11H13FN2O. The van der Waals surface area contributed by atoms with E-state index in [4.69, 9.17) is 4.84 Å². The summed E-state index contributed by atoms with van der Waals surface area (Å²) in [5.74, 6) is -0.243. The van der Waals surface area contributed by atoms with E-state index >= 15 is 0 Å².